The first-order valence-corrected chi connectivity index (χ1v) is 8.99. The monoisotopic (exact) mass is 407 g/mol. The van der Waals surface area contributed by atoms with Gasteiger partial charge in [-0.25, -0.2) is 5.43 Å². The minimum atomic E-state index is -0.897. The van der Waals surface area contributed by atoms with Gasteiger partial charge in [-0.05, 0) is 23.6 Å². The maximum atomic E-state index is 12.2. The molecule has 3 aromatic carbocycles. The molecule has 8 nitrogen and oxygen atoms in total. The molecule has 154 valence electrons. The summed E-state index contributed by atoms with van der Waals surface area (Å²) in [6, 6.07) is 16.3. The summed E-state index contributed by atoms with van der Waals surface area (Å²) in [6.07, 6.45) is 1.37. The molecule has 0 atom stereocenters. The lowest BCUT2D eigenvalue weighted by Gasteiger charge is -2.12. The molecule has 0 radical (unpaired) electrons. The number of fused-ring (bicyclic) bond motifs is 1. The predicted molar refractivity (Wildman–Crippen MR) is 114 cm³/mol. The van der Waals surface area contributed by atoms with E-state index in [1.165, 1.54) is 27.5 Å². The predicted octanol–water partition coefficient (Wildman–Crippen LogP) is 2.95. The zero-order valence-electron chi connectivity index (χ0n) is 16.8. The van der Waals surface area contributed by atoms with E-state index in [9.17, 15) is 9.59 Å². The third-order valence-electron chi connectivity index (χ3n) is 4.31. The molecule has 3 aromatic rings. The molecule has 0 saturated carbocycles. The summed E-state index contributed by atoms with van der Waals surface area (Å²) >= 11 is 0. The van der Waals surface area contributed by atoms with Gasteiger partial charge < -0.3 is 19.5 Å². The average molecular weight is 407 g/mol. The summed E-state index contributed by atoms with van der Waals surface area (Å²) in [5.41, 5.74) is 3.33. The smallest absolute Gasteiger partial charge is 0.329 e. The van der Waals surface area contributed by atoms with E-state index in [0.717, 1.165) is 10.8 Å². The maximum absolute atomic E-state index is 12.2. The van der Waals surface area contributed by atoms with E-state index in [2.05, 4.69) is 15.8 Å². The fourth-order valence-corrected chi connectivity index (χ4v) is 2.91. The van der Waals surface area contributed by atoms with Gasteiger partial charge in [0.1, 0.15) is 0 Å². The number of anilines is 1. The second-order valence-electron chi connectivity index (χ2n) is 6.14. The van der Waals surface area contributed by atoms with Gasteiger partial charge in [-0.1, -0.05) is 36.4 Å². The molecule has 30 heavy (non-hydrogen) atoms. The van der Waals surface area contributed by atoms with E-state index < -0.39 is 11.8 Å². The van der Waals surface area contributed by atoms with E-state index in [1.807, 2.05) is 30.3 Å². The minimum Gasteiger partial charge on any atom is -0.493 e. The molecule has 0 aliphatic rings. The molecule has 2 amide bonds. The van der Waals surface area contributed by atoms with Crippen molar-refractivity contribution in [1.82, 2.24) is 5.43 Å². The third-order valence-corrected chi connectivity index (χ3v) is 4.31. The van der Waals surface area contributed by atoms with Gasteiger partial charge in [0.15, 0.2) is 11.5 Å². The first-order valence-electron chi connectivity index (χ1n) is 8.99. The Balaban J connectivity index is 1.69. The van der Waals surface area contributed by atoms with Gasteiger partial charge >= 0.3 is 11.8 Å². The Bertz CT molecular complexity index is 1080. The number of ether oxygens (including phenoxy) is 3. The number of benzene rings is 3. The van der Waals surface area contributed by atoms with Gasteiger partial charge in [0.25, 0.3) is 0 Å². The summed E-state index contributed by atoms with van der Waals surface area (Å²) in [5.74, 6) is -0.396. The van der Waals surface area contributed by atoms with Crippen molar-refractivity contribution in [1.29, 1.82) is 0 Å². The summed E-state index contributed by atoms with van der Waals surface area (Å²) in [4.78, 5) is 24.3. The second-order valence-corrected chi connectivity index (χ2v) is 6.14. The van der Waals surface area contributed by atoms with Crippen molar-refractivity contribution < 1.29 is 23.8 Å². The maximum Gasteiger partial charge on any atom is 0.329 e. The van der Waals surface area contributed by atoms with Crippen LogP contribution in [-0.2, 0) is 9.59 Å². The highest BCUT2D eigenvalue weighted by molar-refractivity contribution is 6.40. The average Bonchev–Trinajstić information content (AvgIpc) is 2.78. The Hall–Kier alpha value is -4.07. The molecule has 8 heteroatoms. The van der Waals surface area contributed by atoms with Gasteiger partial charge in [-0.15, -0.1) is 0 Å². The van der Waals surface area contributed by atoms with Crippen molar-refractivity contribution in [3.63, 3.8) is 0 Å². The second kappa shape index (κ2) is 9.42. The van der Waals surface area contributed by atoms with Crippen molar-refractivity contribution >= 4 is 34.5 Å². The molecular weight excluding hydrogens is 386 g/mol. The molecule has 0 spiro atoms. The van der Waals surface area contributed by atoms with E-state index >= 15 is 0 Å². The number of nitrogens with one attached hydrogen (secondary N) is 2. The van der Waals surface area contributed by atoms with Gasteiger partial charge in [0.05, 0.1) is 27.5 Å². The molecule has 0 aliphatic carbocycles. The molecule has 0 saturated heterocycles. The number of amides is 2. The van der Waals surface area contributed by atoms with Crippen molar-refractivity contribution in [3.8, 4) is 17.2 Å². The van der Waals surface area contributed by atoms with Gasteiger partial charge in [-0.3, -0.25) is 9.59 Å². The van der Waals surface area contributed by atoms with Gasteiger partial charge in [-0.2, -0.15) is 5.10 Å². The van der Waals surface area contributed by atoms with Crippen LogP contribution in [0.4, 0.5) is 5.69 Å². The number of carbonyl (C=O) groups is 2. The van der Waals surface area contributed by atoms with Crippen LogP contribution >= 0.6 is 0 Å². The summed E-state index contributed by atoms with van der Waals surface area (Å²) in [7, 11) is 4.50. The number of hydrogen-bond donors (Lipinski definition) is 2. The third kappa shape index (κ3) is 4.49. The molecule has 0 aromatic heterocycles. The Morgan fingerprint density at radius 3 is 2.20 bits per heavy atom. The molecule has 0 unspecified atom stereocenters. The van der Waals surface area contributed by atoms with Crippen molar-refractivity contribution in [2.75, 3.05) is 26.6 Å². The van der Waals surface area contributed by atoms with E-state index in [0.29, 0.717) is 28.5 Å². The summed E-state index contributed by atoms with van der Waals surface area (Å²) in [6.45, 7) is 0. The number of carbonyl (C=O) groups excluding carboxylic acids is 2. The van der Waals surface area contributed by atoms with Gasteiger partial charge in [0.2, 0.25) is 5.75 Å². The number of methoxy groups -OCH3 is 3. The van der Waals surface area contributed by atoms with Crippen molar-refractivity contribution in [2.24, 2.45) is 5.10 Å². The Labute approximate surface area is 173 Å². The van der Waals surface area contributed by atoms with E-state index in [4.69, 9.17) is 14.2 Å². The van der Waals surface area contributed by atoms with Crippen molar-refractivity contribution in [2.45, 2.75) is 0 Å². The summed E-state index contributed by atoms with van der Waals surface area (Å²) < 4.78 is 15.8. The highest BCUT2D eigenvalue weighted by atomic mass is 16.5. The Morgan fingerprint density at radius 2 is 1.53 bits per heavy atom. The fraction of sp³-hybridized carbons (Fsp3) is 0.136. The van der Waals surface area contributed by atoms with E-state index in [1.54, 1.807) is 24.3 Å². The SMILES string of the molecule is COc1cc(C=NNC(=O)C(=O)Nc2cccc3ccccc23)cc(OC)c1OC. The van der Waals surface area contributed by atoms with E-state index in [-0.39, 0.29) is 0 Å². The van der Waals surface area contributed by atoms with Crippen LogP contribution in [0.1, 0.15) is 5.56 Å². The molecule has 0 bridgehead atoms. The van der Waals surface area contributed by atoms with Crippen LogP contribution in [-0.4, -0.2) is 39.4 Å². The van der Waals surface area contributed by atoms with Gasteiger partial charge in [0, 0.05) is 16.6 Å². The normalized spacial score (nSPS) is 10.6. The molecule has 0 heterocycles. The van der Waals surface area contributed by atoms with Crippen LogP contribution in [0.5, 0.6) is 17.2 Å². The van der Waals surface area contributed by atoms with Crippen LogP contribution in [0.15, 0.2) is 59.7 Å². The van der Waals surface area contributed by atoms with Crippen LogP contribution in [0, 0.1) is 0 Å². The lowest BCUT2D eigenvalue weighted by atomic mass is 10.1. The van der Waals surface area contributed by atoms with Crippen LogP contribution in [0.2, 0.25) is 0 Å². The number of hydrazone groups is 1. The molecule has 3 rings (SSSR count). The molecule has 0 fully saturated rings. The van der Waals surface area contributed by atoms with Crippen LogP contribution in [0.3, 0.4) is 0 Å². The van der Waals surface area contributed by atoms with Crippen LogP contribution < -0.4 is 25.0 Å². The number of nitrogens with zero attached hydrogens (tertiary/aromatic N) is 1. The van der Waals surface area contributed by atoms with Crippen molar-refractivity contribution in [3.05, 3.63) is 60.2 Å². The Kier molecular flexibility index (Phi) is 6.49. The quantitative estimate of drug-likeness (QED) is 0.372. The number of hydrogen-bond acceptors (Lipinski definition) is 6. The first-order chi connectivity index (χ1) is 14.6. The Morgan fingerprint density at radius 1 is 0.867 bits per heavy atom. The largest absolute Gasteiger partial charge is 0.493 e. The molecular formula is C22H21N3O5. The van der Waals surface area contributed by atoms with Crippen LogP contribution in [0.25, 0.3) is 10.8 Å². The highest BCUT2D eigenvalue weighted by Gasteiger charge is 2.15. The topological polar surface area (TPSA) is 98.2 Å². The zero-order chi connectivity index (χ0) is 21.5. The number of rotatable bonds is 6. The lowest BCUT2D eigenvalue weighted by molar-refractivity contribution is -0.136. The standard InChI is InChI=1S/C22H21N3O5/c1-28-18-11-14(12-19(29-2)20(18)30-3)13-23-25-22(27)21(26)24-17-10-6-8-15-7-4-5-9-16(15)17/h4-13H,1-3H3,(H,24,26)(H,25,27). The highest BCUT2D eigenvalue weighted by Crippen LogP contribution is 2.37. The fourth-order valence-electron chi connectivity index (χ4n) is 2.91. The zero-order valence-corrected chi connectivity index (χ0v) is 16.8. The minimum absolute atomic E-state index is 0.440. The molecule has 0 aliphatic heterocycles. The first kappa shape index (κ1) is 20.7. The molecule has 2 N–H and O–H groups in total. The lowest BCUT2D eigenvalue weighted by Crippen LogP contribution is -2.32. The summed E-state index contributed by atoms with van der Waals surface area (Å²) in [5, 5.41) is 8.23.